The number of carbonyl (C=O) groups excluding carboxylic acids is 1. The van der Waals surface area contributed by atoms with Crippen LogP contribution in [0.5, 0.6) is 0 Å². The zero-order valence-electron chi connectivity index (χ0n) is 11.7. The Kier molecular flexibility index (Phi) is 3.31. The van der Waals surface area contributed by atoms with Crippen molar-refractivity contribution in [1.29, 1.82) is 0 Å². The fourth-order valence-corrected chi connectivity index (χ4v) is 2.85. The quantitative estimate of drug-likeness (QED) is 0.900. The molecule has 3 heteroatoms. The molecule has 1 heterocycles. The molecule has 102 valence electrons. The van der Waals surface area contributed by atoms with Gasteiger partial charge in [-0.25, -0.2) is 0 Å². The molecule has 0 radical (unpaired) electrons. The van der Waals surface area contributed by atoms with Crippen LogP contribution in [-0.4, -0.2) is 23.5 Å². The molecule has 2 atom stereocenters. The van der Waals surface area contributed by atoms with Crippen LogP contribution in [0.3, 0.4) is 0 Å². The largest absolute Gasteiger partial charge is 0.325 e. The molecule has 1 saturated heterocycles. The average Bonchev–Trinajstić information content (AvgIpc) is 3.16. The van der Waals surface area contributed by atoms with Crippen LogP contribution >= 0.6 is 0 Å². The highest BCUT2D eigenvalue weighted by atomic mass is 16.2. The van der Waals surface area contributed by atoms with Crippen molar-refractivity contribution in [3.05, 3.63) is 35.9 Å². The Morgan fingerprint density at radius 3 is 2.53 bits per heavy atom. The van der Waals surface area contributed by atoms with Gasteiger partial charge < -0.3 is 4.90 Å². The van der Waals surface area contributed by atoms with E-state index in [0.29, 0.717) is 5.92 Å². The molecule has 0 aromatic heterocycles. The molecule has 1 N–H and O–H groups in total. The van der Waals surface area contributed by atoms with E-state index in [9.17, 15) is 4.79 Å². The van der Waals surface area contributed by atoms with Crippen molar-refractivity contribution in [1.82, 2.24) is 10.2 Å². The predicted octanol–water partition coefficient (Wildman–Crippen LogP) is 2.55. The maximum absolute atomic E-state index is 12.6. The second-order valence-electron chi connectivity index (χ2n) is 6.13. The third-order valence-corrected chi connectivity index (χ3v) is 4.12. The molecule has 0 bridgehead atoms. The lowest BCUT2D eigenvalue weighted by atomic mass is 10.1. The molecule has 1 saturated carbocycles. The van der Waals surface area contributed by atoms with Crippen LogP contribution < -0.4 is 5.32 Å². The maximum atomic E-state index is 12.6. The molecule has 1 aromatic carbocycles. The smallest absolute Gasteiger partial charge is 0.245 e. The van der Waals surface area contributed by atoms with Crippen LogP contribution in [0.25, 0.3) is 0 Å². The predicted molar refractivity (Wildman–Crippen MR) is 75.4 cm³/mol. The second-order valence-corrected chi connectivity index (χ2v) is 6.13. The van der Waals surface area contributed by atoms with Gasteiger partial charge in [0.15, 0.2) is 0 Å². The fraction of sp³-hybridized carbons (Fsp3) is 0.562. The summed E-state index contributed by atoms with van der Waals surface area (Å²) in [6.45, 7) is 5.29. The molecule has 3 rings (SSSR count). The first-order chi connectivity index (χ1) is 9.16. The summed E-state index contributed by atoms with van der Waals surface area (Å²) in [7, 11) is 0. The zero-order valence-corrected chi connectivity index (χ0v) is 11.7. The van der Waals surface area contributed by atoms with Gasteiger partial charge in [0, 0.05) is 6.54 Å². The number of hydrogen-bond donors (Lipinski definition) is 1. The van der Waals surface area contributed by atoms with Crippen molar-refractivity contribution >= 4 is 5.91 Å². The summed E-state index contributed by atoms with van der Waals surface area (Å²) in [5.74, 6) is 1.43. The van der Waals surface area contributed by atoms with Crippen molar-refractivity contribution in [2.24, 2.45) is 11.8 Å². The molecule has 1 aliphatic carbocycles. The Labute approximate surface area is 115 Å². The van der Waals surface area contributed by atoms with Gasteiger partial charge in [0.05, 0.1) is 6.17 Å². The molecule has 0 spiro atoms. The lowest BCUT2D eigenvalue weighted by Crippen LogP contribution is -2.42. The van der Waals surface area contributed by atoms with Gasteiger partial charge in [0.2, 0.25) is 5.91 Å². The van der Waals surface area contributed by atoms with E-state index in [0.717, 1.165) is 18.0 Å². The highest BCUT2D eigenvalue weighted by molar-refractivity contribution is 5.85. The van der Waals surface area contributed by atoms with Gasteiger partial charge in [-0.3, -0.25) is 10.1 Å². The highest BCUT2D eigenvalue weighted by Gasteiger charge is 2.42. The van der Waals surface area contributed by atoms with Gasteiger partial charge in [0.1, 0.15) is 6.04 Å². The van der Waals surface area contributed by atoms with Crippen LogP contribution in [0.1, 0.15) is 38.3 Å². The number of nitrogens with one attached hydrogen (secondary N) is 1. The van der Waals surface area contributed by atoms with Crippen LogP contribution in [0.4, 0.5) is 0 Å². The van der Waals surface area contributed by atoms with E-state index in [4.69, 9.17) is 0 Å². The number of hydrogen-bond acceptors (Lipinski definition) is 2. The Hall–Kier alpha value is -1.35. The summed E-state index contributed by atoms with van der Waals surface area (Å²) >= 11 is 0. The standard InChI is InChI=1S/C16H22N2O/c1-11(2)15-17-14(13-6-4-3-5-7-13)16(19)18(15)10-12-8-9-12/h3-7,11-12,14-15,17H,8-10H2,1-2H3. The van der Waals surface area contributed by atoms with E-state index in [1.807, 2.05) is 30.3 Å². The summed E-state index contributed by atoms with van der Waals surface area (Å²) in [5, 5.41) is 3.52. The fourth-order valence-electron chi connectivity index (χ4n) is 2.85. The Balaban J connectivity index is 1.82. The van der Waals surface area contributed by atoms with E-state index < -0.39 is 0 Å². The molecule has 1 aliphatic heterocycles. The van der Waals surface area contributed by atoms with Crippen molar-refractivity contribution in [2.75, 3.05) is 6.54 Å². The number of amides is 1. The van der Waals surface area contributed by atoms with Gasteiger partial charge in [0.25, 0.3) is 0 Å². The first-order valence-corrected chi connectivity index (χ1v) is 7.28. The zero-order chi connectivity index (χ0) is 13.4. The van der Waals surface area contributed by atoms with Gasteiger partial charge in [-0.1, -0.05) is 44.2 Å². The summed E-state index contributed by atoms with van der Waals surface area (Å²) in [6, 6.07) is 9.90. The van der Waals surface area contributed by atoms with Gasteiger partial charge in [-0.2, -0.15) is 0 Å². The SMILES string of the molecule is CC(C)C1NC(c2ccccc2)C(=O)N1CC1CC1. The van der Waals surface area contributed by atoms with E-state index >= 15 is 0 Å². The minimum Gasteiger partial charge on any atom is -0.325 e. The van der Waals surface area contributed by atoms with E-state index in [1.165, 1.54) is 12.8 Å². The first-order valence-electron chi connectivity index (χ1n) is 7.28. The Morgan fingerprint density at radius 1 is 1.26 bits per heavy atom. The normalized spacial score (nSPS) is 27.3. The van der Waals surface area contributed by atoms with E-state index in [-0.39, 0.29) is 18.1 Å². The van der Waals surface area contributed by atoms with Crippen LogP contribution in [0.15, 0.2) is 30.3 Å². The van der Waals surface area contributed by atoms with Gasteiger partial charge in [-0.05, 0) is 30.2 Å². The summed E-state index contributed by atoms with van der Waals surface area (Å²) in [5.41, 5.74) is 1.08. The molecule has 1 amide bonds. The summed E-state index contributed by atoms with van der Waals surface area (Å²) in [4.78, 5) is 14.7. The summed E-state index contributed by atoms with van der Waals surface area (Å²) in [6.07, 6.45) is 2.74. The Bertz CT molecular complexity index is 453. The van der Waals surface area contributed by atoms with Crippen LogP contribution in [0, 0.1) is 11.8 Å². The second kappa shape index (κ2) is 4.97. The van der Waals surface area contributed by atoms with Crippen molar-refractivity contribution < 1.29 is 4.79 Å². The van der Waals surface area contributed by atoms with E-state index in [1.54, 1.807) is 0 Å². The third kappa shape index (κ3) is 2.52. The molecule has 3 nitrogen and oxygen atoms in total. The van der Waals surface area contributed by atoms with E-state index in [2.05, 4.69) is 24.1 Å². The summed E-state index contributed by atoms with van der Waals surface area (Å²) < 4.78 is 0. The molecule has 1 aromatic rings. The lowest BCUT2D eigenvalue weighted by molar-refractivity contribution is -0.130. The third-order valence-electron chi connectivity index (χ3n) is 4.12. The lowest BCUT2D eigenvalue weighted by Gasteiger charge is -2.27. The molecular weight excluding hydrogens is 236 g/mol. The molecule has 2 aliphatic rings. The topological polar surface area (TPSA) is 32.3 Å². The average molecular weight is 258 g/mol. The minimum absolute atomic E-state index is 0.160. The van der Waals surface area contributed by atoms with Crippen LogP contribution in [-0.2, 0) is 4.79 Å². The maximum Gasteiger partial charge on any atom is 0.245 e. The molecule has 2 fully saturated rings. The molecule has 2 unspecified atom stereocenters. The molecular formula is C16H22N2O. The van der Waals surface area contributed by atoms with Gasteiger partial charge in [-0.15, -0.1) is 0 Å². The monoisotopic (exact) mass is 258 g/mol. The highest BCUT2D eigenvalue weighted by Crippen LogP contribution is 2.34. The van der Waals surface area contributed by atoms with Gasteiger partial charge >= 0.3 is 0 Å². The first kappa shape index (κ1) is 12.7. The number of carbonyl (C=O) groups is 1. The number of benzene rings is 1. The number of rotatable bonds is 4. The molecule has 19 heavy (non-hydrogen) atoms. The van der Waals surface area contributed by atoms with Crippen molar-refractivity contribution in [2.45, 2.75) is 38.9 Å². The van der Waals surface area contributed by atoms with Crippen LogP contribution in [0.2, 0.25) is 0 Å². The van der Waals surface area contributed by atoms with Crippen molar-refractivity contribution in [3.8, 4) is 0 Å². The Morgan fingerprint density at radius 2 is 1.95 bits per heavy atom. The number of nitrogens with zero attached hydrogens (tertiary/aromatic N) is 1. The van der Waals surface area contributed by atoms with Crippen molar-refractivity contribution in [3.63, 3.8) is 0 Å². The minimum atomic E-state index is -0.160.